The van der Waals surface area contributed by atoms with E-state index in [0.717, 1.165) is 45.8 Å². The SMILES string of the molecule is C#CCN(CCC)CC1COCC1NCC. The summed E-state index contributed by atoms with van der Waals surface area (Å²) in [5.41, 5.74) is 0. The van der Waals surface area contributed by atoms with Gasteiger partial charge in [-0.05, 0) is 19.5 Å². The number of terminal acetylenes is 1. The Balaban J connectivity index is 2.40. The summed E-state index contributed by atoms with van der Waals surface area (Å²) in [6.45, 7) is 9.93. The van der Waals surface area contributed by atoms with Crippen LogP contribution in [0.25, 0.3) is 0 Å². The lowest BCUT2D eigenvalue weighted by Crippen LogP contribution is -2.42. The Labute approximate surface area is 99.5 Å². The van der Waals surface area contributed by atoms with Crippen LogP contribution in [0.5, 0.6) is 0 Å². The Morgan fingerprint density at radius 2 is 2.25 bits per heavy atom. The highest BCUT2D eigenvalue weighted by atomic mass is 16.5. The van der Waals surface area contributed by atoms with E-state index >= 15 is 0 Å². The van der Waals surface area contributed by atoms with Crippen molar-refractivity contribution in [1.29, 1.82) is 0 Å². The van der Waals surface area contributed by atoms with Crippen LogP contribution >= 0.6 is 0 Å². The van der Waals surface area contributed by atoms with E-state index in [1.165, 1.54) is 0 Å². The zero-order chi connectivity index (χ0) is 11.8. The molecule has 1 fully saturated rings. The van der Waals surface area contributed by atoms with Gasteiger partial charge in [-0.1, -0.05) is 19.8 Å². The molecular formula is C13H24N2O. The molecule has 0 amide bonds. The van der Waals surface area contributed by atoms with Crippen LogP contribution in [0.4, 0.5) is 0 Å². The highest BCUT2D eigenvalue weighted by Crippen LogP contribution is 2.15. The maximum Gasteiger partial charge on any atom is 0.0623 e. The van der Waals surface area contributed by atoms with E-state index in [0.29, 0.717) is 12.0 Å². The third-order valence-corrected chi connectivity index (χ3v) is 3.01. The smallest absolute Gasteiger partial charge is 0.0623 e. The average molecular weight is 224 g/mol. The second-order valence-corrected chi connectivity index (χ2v) is 4.40. The molecular weight excluding hydrogens is 200 g/mol. The normalized spacial score (nSPS) is 24.9. The van der Waals surface area contributed by atoms with Gasteiger partial charge in [0.25, 0.3) is 0 Å². The number of likely N-dealkylation sites (N-methyl/N-ethyl adjacent to an activating group) is 1. The van der Waals surface area contributed by atoms with Gasteiger partial charge in [0.2, 0.25) is 0 Å². The lowest BCUT2D eigenvalue weighted by molar-refractivity contribution is 0.171. The van der Waals surface area contributed by atoms with Crippen molar-refractivity contribution in [1.82, 2.24) is 10.2 Å². The molecule has 2 atom stereocenters. The molecule has 2 unspecified atom stereocenters. The zero-order valence-corrected chi connectivity index (χ0v) is 10.5. The van der Waals surface area contributed by atoms with Gasteiger partial charge in [0.05, 0.1) is 19.8 Å². The molecule has 1 rings (SSSR count). The molecule has 1 heterocycles. The van der Waals surface area contributed by atoms with E-state index in [4.69, 9.17) is 11.2 Å². The first kappa shape index (κ1) is 13.5. The van der Waals surface area contributed by atoms with Crippen LogP contribution in [0.1, 0.15) is 20.3 Å². The molecule has 0 aliphatic carbocycles. The molecule has 0 saturated carbocycles. The van der Waals surface area contributed by atoms with Gasteiger partial charge in [0.15, 0.2) is 0 Å². The molecule has 0 aromatic carbocycles. The van der Waals surface area contributed by atoms with Gasteiger partial charge in [-0.3, -0.25) is 4.90 Å². The molecule has 1 aliphatic heterocycles. The highest BCUT2D eigenvalue weighted by molar-refractivity contribution is 4.90. The van der Waals surface area contributed by atoms with Crippen molar-refractivity contribution in [3.63, 3.8) is 0 Å². The zero-order valence-electron chi connectivity index (χ0n) is 10.5. The Morgan fingerprint density at radius 3 is 2.88 bits per heavy atom. The molecule has 0 aromatic heterocycles. The van der Waals surface area contributed by atoms with Gasteiger partial charge < -0.3 is 10.1 Å². The quantitative estimate of drug-likeness (QED) is 0.652. The van der Waals surface area contributed by atoms with E-state index in [-0.39, 0.29) is 0 Å². The minimum absolute atomic E-state index is 0.502. The standard InChI is InChI=1S/C13H24N2O/c1-4-7-15(8-5-2)9-12-10-16-11-13(12)14-6-3/h1,12-14H,5-11H2,2-3H3. The summed E-state index contributed by atoms with van der Waals surface area (Å²) < 4.78 is 5.54. The van der Waals surface area contributed by atoms with Gasteiger partial charge in [-0.15, -0.1) is 6.42 Å². The monoisotopic (exact) mass is 224 g/mol. The number of ether oxygens (including phenoxy) is 1. The third kappa shape index (κ3) is 4.13. The van der Waals surface area contributed by atoms with Crippen LogP contribution < -0.4 is 5.32 Å². The van der Waals surface area contributed by atoms with Gasteiger partial charge in [0, 0.05) is 18.5 Å². The number of hydrogen-bond acceptors (Lipinski definition) is 3. The van der Waals surface area contributed by atoms with Gasteiger partial charge in [-0.2, -0.15) is 0 Å². The maximum absolute atomic E-state index is 5.54. The number of nitrogens with zero attached hydrogens (tertiary/aromatic N) is 1. The molecule has 0 spiro atoms. The Kier molecular flexibility index (Phi) is 6.47. The average Bonchev–Trinajstić information content (AvgIpc) is 2.67. The molecule has 92 valence electrons. The van der Waals surface area contributed by atoms with Crippen LogP contribution in [0.15, 0.2) is 0 Å². The lowest BCUT2D eigenvalue weighted by atomic mass is 10.0. The van der Waals surface area contributed by atoms with Crippen LogP contribution in [-0.4, -0.2) is 50.3 Å². The Morgan fingerprint density at radius 1 is 1.44 bits per heavy atom. The van der Waals surface area contributed by atoms with E-state index < -0.39 is 0 Å². The fraction of sp³-hybridized carbons (Fsp3) is 0.846. The second kappa shape index (κ2) is 7.67. The van der Waals surface area contributed by atoms with Gasteiger partial charge in [0.1, 0.15) is 0 Å². The summed E-state index contributed by atoms with van der Waals surface area (Å²) in [5, 5.41) is 3.48. The van der Waals surface area contributed by atoms with Crippen molar-refractivity contribution in [2.45, 2.75) is 26.3 Å². The van der Waals surface area contributed by atoms with Crippen molar-refractivity contribution in [3.05, 3.63) is 0 Å². The minimum Gasteiger partial charge on any atom is -0.379 e. The van der Waals surface area contributed by atoms with E-state index in [1.807, 2.05) is 0 Å². The molecule has 1 N–H and O–H groups in total. The summed E-state index contributed by atoms with van der Waals surface area (Å²) in [7, 11) is 0. The molecule has 0 aromatic rings. The molecule has 3 heteroatoms. The largest absolute Gasteiger partial charge is 0.379 e. The first-order chi connectivity index (χ1) is 7.81. The molecule has 3 nitrogen and oxygen atoms in total. The second-order valence-electron chi connectivity index (χ2n) is 4.40. The third-order valence-electron chi connectivity index (χ3n) is 3.01. The van der Waals surface area contributed by atoms with Crippen molar-refractivity contribution in [2.75, 3.05) is 39.4 Å². The summed E-state index contributed by atoms with van der Waals surface area (Å²) in [6.07, 6.45) is 6.54. The number of hydrogen-bond donors (Lipinski definition) is 1. The van der Waals surface area contributed by atoms with E-state index in [2.05, 4.69) is 30.0 Å². The summed E-state index contributed by atoms with van der Waals surface area (Å²) in [6, 6.07) is 0.502. The van der Waals surface area contributed by atoms with Gasteiger partial charge >= 0.3 is 0 Å². The number of nitrogens with one attached hydrogen (secondary N) is 1. The van der Waals surface area contributed by atoms with Crippen molar-refractivity contribution in [2.24, 2.45) is 5.92 Å². The lowest BCUT2D eigenvalue weighted by Gasteiger charge is -2.26. The van der Waals surface area contributed by atoms with Crippen LogP contribution in [0.2, 0.25) is 0 Å². The van der Waals surface area contributed by atoms with Crippen molar-refractivity contribution < 1.29 is 4.74 Å². The molecule has 0 radical (unpaired) electrons. The molecule has 16 heavy (non-hydrogen) atoms. The first-order valence-corrected chi connectivity index (χ1v) is 6.28. The predicted molar refractivity (Wildman–Crippen MR) is 67.3 cm³/mol. The van der Waals surface area contributed by atoms with Crippen LogP contribution in [-0.2, 0) is 4.74 Å². The van der Waals surface area contributed by atoms with E-state index in [1.54, 1.807) is 0 Å². The summed E-state index contributed by atoms with van der Waals surface area (Å²) in [5.74, 6) is 3.32. The minimum atomic E-state index is 0.502. The highest BCUT2D eigenvalue weighted by Gasteiger charge is 2.28. The molecule has 0 bridgehead atoms. The Hall–Kier alpha value is -0.560. The number of rotatable bonds is 7. The van der Waals surface area contributed by atoms with Gasteiger partial charge in [-0.25, -0.2) is 0 Å². The first-order valence-electron chi connectivity index (χ1n) is 6.28. The van der Waals surface area contributed by atoms with Crippen molar-refractivity contribution in [3.8, 4) is 12.3 Å². The summed E-state index contributed by atoms with van der Waals surface area (Å²) >= 11 is 0. The molecule has 1 saturated heterocycles. The van der Waals surface area contributed by atoms with Crippen LogP contribution in [0, 0.1) is 18.3 Å². The molecule has 1 aliphatic rings. The van der Waals surface area contributed by atoms with Crippen molar-refractivity contribution >= 4 is 0 Å². The topological polar surface area (TPSA) is 24.5 Å². The van der Waals surface area contributed by atoms with E-state index in [9.17, 15) is 0 Å². The predicted octanol–water partition coefficient (Wildman–Crippen LogP) is 0.956. The fourth-order valence-electron chi connectivity index (χ4n) is 2.28. The van der Waals surface area contributed by atoms with Crippen LogP contribution in [0.3, 0.4) is 0 Å². The maximum atomic E-state index is 5.54. The summed E-state index contributed by atoms with van der Waals surface area (Å²) in [4.78, 5) is 2.35. The Bertz CT molecular complexity index is 224. The fourth-order valence-corrected chi connectivity index (χ4v) is 2.28.